The zero-order valence-corrected chi connectivity index (χ0v) is 18.2. The Hall–Kier alpha value is -3.10. The molecule has 1 N–H and O–H groups in total. The van der Waals surface area contributed by atoms with Crippen LogP contribution in [0.2, 0.25) is 0 Å². The molecule has 0 unspecified atom stereocenters. The van der Waals surface area contributed by atoms with Crippen LogP contribution in [0.1, 0.15) is 0 Å². The summed E-state index contributed by atoms with van der Waals surface area (Å²) >= 11 is 0. The molecule has 0 aliphatic carbocycles. The predicted octanol–water partition coefficient (Wildman–Crippen LogP) is 3.07. The Morgan fingerprint density at radius 3 is 2.35 bits per heavy atom. The molecule has 0 amide bonds. The molecule has 1 aliphatic heterocycles. The van der Waals surface area contributed by atoms with Crippen molar-refractivity contribution in [1.29, 1.82) is 0 Å². The molecule has 4 rings (SSSR count). The van der Waals surface area contributed by atoms with Gasteiger partial charge in [-0.05, 0) is 24.3 Å². The van der Waals surface area contributed by atoms with Crippen molar-refractivity contribution >= 4 is 16.7 Å². The highest BCUT2D eigenvalue weighted by molar-refractivity contribution is 5.90. The highest BCUT2D eigenvalue weighted by Crippen LogP contribution is 2.41. The van der Waals surface area contributed by atoms with Crippen molar-refractivity contribution in [1.82, 2.24) is 14.9 Å². The van der Waals surface area contributed by atoms with Gasteiger partial charge in [0.15, 0.2) is 17.3 Å². The van der Waals surface area contributed by atoms with E-state index in [-0.39, 0.29) is 0 Å². The summed E-state index contributed by atoms with van der Waals surface area (Å²) in [4.78, 5) is 12.0. The second kappa shape index (κ2) is 9.80. The molecule has 0 radical (unpaired) electrons. The van der Waals surface area contributed by atoms with E-state index in [4.69, 9.17) is 28.9 Å². The third kappa shape index (κ3) is 4.65. The topological polar surface area (TPSA) is 78.0 Å². The molecule has 1 saturated heterocycles. The largest absolute Gasteiger partial charge is 0.493 e. The van der Waals surface area contributed by atoms with E-state index < -0.39 is 0 Å². The first-order chi connectivity index (χ1) is 15.2. The van der Waals surface area contributed by atoms with Gasteiger partial charge < -0.3 is 24.3 Å². The summed E-state index contributed by atoms with van der Waals surface area (Å²) in [5.74, 6) is 3.07. The lowest BCUT2D eigenvalue weighted by Gasteiger charge is -2.26. The Bertz CT molecular complexity index is 1010. The van der Waals surface area contributed by atoms with Gasteiger partial charge in [0.05, 0.1) is 40.1 Å². The maximum absolute atomic E-state index is 5.50. The number of fused-ring (bicyclic) bond motifs is 1. The van der Waals surface area contributed by atoms with Crippen molar-refractivity contribution in [2.45, 2.75) is 0 Å². The second-order valence-electron chi connectivity index (χ2n) is 7.21. The van der Waals surface area contributed by atoms with Gasteiger partial charge in [0, 0.05) is 37.1 Å². The molecule has 2 aromatic carbocycles. The number of para-hydroxylation sites is 1. The van der Waals surface area contributed by atoms with Crippen LogP contribution in [-0.4, -0.2) is 75.6 Å². The average Bonchev–Trinajstić information content (AvgIpc) is 2.83. The summed E-state index contributed by atoms with van der Waals surface area (Å²) in [6.45, 7) is 5.23. The number of methoxy groups -OCH3 is 3. The first kappa shape index (κ1) is 21.1. The van der Waals surface area contributed by atoms with Crippen molar-refractivity contribution in [3.63, 3.8) is 0 Å². The van der Waals surface area contributed by atoms with Gasteiger partial charge in [-0.25, -0.2) is 9.97 Å². The molecule has 3 aromatic rings. The quantitative estimate of drug-likeness (QED) is 0.591. The number of hydrogen-bond donors (Lipinski definition) is 1. The van der Waals surface area contributed by atoms with Crippen molar-refractivity contribution < 1.29 is 18.9 Å². The van der Waals surface area contributed by atoms with E-state index in [1.165, 1.54) is 0 Å². The van der Waals surface area contributed by atoms with E-state index >= 15 is 0 Å². The second-order valence-corrected chi connectivity index (χ2v) is 7.21. The standard InChI is InChI=1S/C23H28N4O4/c1-28-19-14-16(15-20(29-2)21(19)30-3)22-25-18-7-5-4-6-17(18)23(26-22)24-8-9-27-10-12-31-13-11-27/h4-7,14-15H,8-13H2,1-3H3,(H,24,25,26). The Balaban J connectivity index is 1.67. The first-order valence-corrected chi connectivity index (χ1v) is 10.3. The fourth-order valence-electron chi connectivity index (χ4n) is 3.71. The number of hydrogen-bond acceptors (Lipinski definition) is 8. The van der Waals surface area contributed by atoms with Gasteiger partial charge in [-0.1, -0.05) is 12.1 Å². The molecular weight excluding hydrogens is 396 g/mol. The van der Waals surface area contributed by atoms with Crippen molar-refractivity contribution in [3.8, 4) is 28.6 Å². The van der Waals surface area contributed by atoms with Crippen LogP contribution < -0.4 is 19.5 Å². The van der Waals surface area contributed by atoms with Crippen molar-refractivity contribution in [3.05, 3.63) is 36.4 Å². The minimum Gasteiger partial charge on any atom is -0.493 e. The fourth-order valence-corrected chi connectivity index (χ4v) is 3.71. The number of benzene rings is 2. The molecule has 2 heterocycles. The lowest BCUT2D eigenvalue weighted by Crippen LogP contribution is -2.39. The summed E-state index contributed by atoms with van der Waals surface area (Å²) in [6, 6.07) is 11.7. The van der Waals surface area contributed by atoms with Crippen LogP contribution >= 0.6 is 0 Å². The van der Waals surface area contributed by atoms with Crippen molar-refractivity contribution in [2.24, 2.45) is 0 Å². The third-order valence-electron chi connectivity index (χ3n) is 5.35. The van der Waals surface area contributed by atoms with Gasteiger partial charge in [0.2, 0.25) is 5.75 Å². The van der Waals surface area contributed by atoms with Crippen LogP contribution in [0, 0.1) is 0 Å². The maximum Gasteiger partial charge on any atom is 0.203 e. The summed E-state index contributed by atoms with van der Waals surface area (Å²) in [5.41, 5.74) is 1.66. The van der Waals surface area contributed by atoms with Crippen LogP contribution in [0.25, 0.3) is 22.3 Å². The van der Waals surface area contributed by atoms with E-state index in [1.807, 2.05) is 36.4 Å². The zero-order chi connectivity index (χ0) is 21.6. The Kier molecular flexibility index (Phi) is 6.69. The summed E-state index contributed by atoms with van der Waals surface area (Å²) in [6.07, 6.45) is 0. The summed E-state index contributed by atoms with van der Waals surface area (Å²) in [5, 5.41) is 4.49. The molecule has 0 bridgehead atoms. The van der Waals surface area contributed by atoms with E-state index in [0.717, 1.165) is 61.7 Å². The molecule has 0 saturated carbocycles. The van der Waals surface area contributed by atoms with Crippen LogP contribution in [0.5, 0.6) is 17.2 Å². The molecule has 31 heavy (non-hydrogen) atoms. The summed E-state index contributed by atoms with van der Waals surface area (Å²) in [7, 11) is 4.78. The number of nitrogens with one attached hydrogen (secondary N) is 1. The molecule has 0 atom stereocenters. The Morgan fingerprint density at radius 2 is 1.68 bits per heavy atom. The van der Waals surface area contributed by atoms with Gasteiger partial charge >= 0.3 is 0 Å². The zero-order valence-electron chi connectivity index (χ0n) is 18.2. The van der Waals surface area contributed by atoms with Crippen LogP contribution in [0.3, 0.4) is 0 Å². The molecule has 8 nitrogen and oxygen atoms in total. The van der Waals surface area contributed by atoms with Crippen LogP contribution in [-0.2, 0) is 4.74 Å². The molecule has 0 spiro atoms. The Labute approximate surface area is 182 Å². The van der Waals surface area contributed by atoms with E-state index in [9.17, 15) is 0 Å². The van der Waals surface area contributed by atoms with Gasteiger partial charge in [0.1, 0.15) is 5.82 Å². The van der Waals surface area contributed by atoms with Gasteiger partial charge in [-0.2, -0.15) is 0 Å². The third-order valence-corrected chi connectivity index (χ3v) is 5.35. The molecule has 1 fully saturated rings. The predicted molar refractivity (Wildman–Crippen MR) is 120 cm³/mol. The van der Waals surface area contributed by atoms with Gasteiger partial charge in [-0.15, -0.1) is 0 Å². The lowest BCUT2D eigenvalue weighted by molar-refractivity contribution is 0.0398. The number of morpholine rings is 1. The maximum atomic E-state index is 5.50. The number of nitrogens with zero attached hydrogens (tertiary/aromatic N) is 3. The highest BCUT2D eigenvalue weighted by Gasteiger charge is 2.17. The Morgan fingerprint density at radius 1 is 0.968 bits per heavy atom. The molecular formula is C23H28N4O4. The molecule has 164 valence electrons. The van der Waals surface area contributed by atoms with E-state index in [2.05, 4.69) is 10.2 Å². The van der Waals surface area contributed by atoms with E-state index in [0.29, 0.717) is 23.1 Å². The lowest BCUT2D eigenvalue weighted by atomic mass is 10.1. The number of anilines is 1. The number of rotatable bonds is 8. The summed E-state index contributed by atoms with van der Waals surface area (Å²) < 4.78 is 21.9. The van der Waals surface area contributed by atoms with Crippen molar-refractivity contribution in [2.75, 3.05) is 66.0 Å². The van der Waals surface area contributed by atoms with Gasteiger partial charge in [-0.3, -0.25) is 4.90 Å². The monoisotopic (exact) mass is 424 g/mol. The first-order valence-electron chi connectivity index (χ1n) is 10.3. The minimum atomic E-state index is 0.540. The number of ether oxygens (including phenoxy) is 4. The normalized spacial score (nSPS) is 14.4. The van der Waals surface area contributed by atoms with Gasteiger partial charge in [0.25, 0.3) is 0 Å². The molecule has 1 aliphatic rings. The van der Waals surface area contributed by atoms with Crippen LogP contribution in [0.4, 0.5) is 5.82 Å². The molecule has 8 heteroatoms. The number of aromatic nitrogens is 2. The average molecular weight is 425 g/mol. The molecule has 1 aromatic heterocycles. The van der Waals surface area contributed by atoms with E-state index in [1.54, 1.807) is 21.3 Å². The van der Waals surface area contributed by atoms with Crippen LogP contribution in [0.15, 0.2) is 36.4 Å². The smallest absolute Gasteiger partial charge is 0.203 e. The minimum absolute atomic E-state index is 0.540. The highest BCUT2D eigenvalue weighted by atomic mass is 16.5. The fraction of sp³-hybridized carbons (Fsp3) is 0.391. The SMILES string of the molecule is COc1cc(-c2nc(NCCN3CCOCC3)c3ccccc3n2)cc(OC)c1OC.